The van der Waals surface area contributed by atoms with E-state index < -0.39 is 0 Å². The molecule has 0 saturated carbocycles. The third-order valence-electron chi connectivity index (χ3n) is 3.12. The fraction of sp³-hybridized carbons (Fsp3) is 0.385. The van der Waals surface area contributed by atoms with E-state index in [1.807, 2.05) is 6.07 Å². The summed E-state index contributed by atoms with van der Waals surface area (Å²) in [4.78, 5) is 16.2. The van der Waals surface area contributed by atoms with Crippen molar-refractivity contribution in [2.45, 2.75) is 29.7 Å². The molecule has 1 unspecified atom stereocenters. The maximum atomic E-state index is 11.9. The average molecular weight is 277 g/mol. The average Bonchev–Trinajstić information content (AvgIpc) is 2.66. The summed E-state index contributed by atoms with van der Waals surface area (Å²) in [5.74, 6) is 0.0734. The minimum atomic E-state index is -0.118. The summed E-state index contributed by atoms with van der Waals surface area (Å²) in [7, 11) is 0. The molecule has 1 aliphatic heterocycles. The maximum Gasteiger partial charge on any atom is 0.257 e. The molecule has 1 atom stereocenters. The Morgan fingerprint density at radius 3 is 3.21 bits per heavy atom. The minimum absolute atomic E-state index is 0.0734. The first-order chi connectivity index (χ1) is 9.22. The van der Waals surface area contributed by atoms with Gasteiger partial charge in [-0.3, -0.25) is 4.79 Å². The molecule has 6 heteroatoms. The van der Waals surface area contributed by atoms with E-state index in [1.165, 1.54) is 11.8 Å². The number of amides is 1. The molecule has 1 saturated heterocycles. The first-order valence-electron chi connectivity index (χ1n) is 6.33. The molecule has 0 aliphatic carbocycles. The Morgan fingerprint density at radius 2 is 2.32 bits per heavy atom. The molecule has 2 aromatic rings. The van der Waals surface area contributed by atoms with Crippen LogP contribution < -0.4 is 11.1 Å². The Hall–Kier alpha value is -1.69. The Kier molecular flexibility index (Phi) is 3.33. The predicted molar refractivity (Wildman–Crippen MR) is 74.9 cm³/mol. The highest BCUT2D eigenvalue weighted by atomic mass is 32.2. The zero-order chi connectivity index (χ0) is 13.2. The van der Waals surface area contributed by atoms with E-state index in [0.717, 1.165) is 31.3 Å². The van der Waals surface area contributed by atoms with Crippen LogP contribution in [0.5, 0.6) is 0 Å². The second-order valence-electron chi connectivity index (χ2n) is 4.60. The largest absolute Gasteiger partial charge is 0.431 e. The molecular formula is C13H15N3O2S. The number of hydrogen-bond donors (Lipinski definition) is 2. The number of carbonyl (C=O) groups is 1. The van der Waals surface area contributed by atoms with Gasteiger partial charge in [-0.25, -0.2) is 4.98 Å². The van der Waals surface area contributed by atoms with E-state index in [2.05, 4.69) is 10.3 Å². The summed E-state index contributed by atoms with van der Waals surface area (Å²) in [6.45, 7) is 0.764. The summed E-state index contributed by atoms with van der Waals surface area (Å²) >= 11 is 1.39. The van der Waals surface area contributed by atoms with Gasteiger partial charge in [-0.15, -0.1) is 0 Å². The van der Waals surface area contributed by atoms with Crippen LogP contribution in [0.15, 0.2) is 27.8 Å². The highest BCUT2D eigenvalue weighted by Gasteiger charge is 2.24. The molecule has 5 nitrogen and oxygen atoms in total. The zero-order valence-electron chi connectivity index (χ0n) is 10.4. The van der Waals surface area contributed by atoms with Crippen LogP contribution in [0.4, 0.5) is 5.69 Å². The molecule has 3 rings (SSSR count). The van der Waals surface area contributed by atoms with Crippen molar-refractivity contribution in [2.75, 3.05) is 12.3 Å². The van der Waals surface area contributed by atoms with Gasteiger partial charge in [0.15, 0.2) is 5.58 Å². The number of rotatable bonds is 2. The summed E-state index contributed by atoms with van der Waals surface area (Å²) in [5, 5.41) is 3.32. The highest BCUT2D eigenvalue weighted by Crippen LogP contribution is 2.30. The number of aromatic nitrogens is 1. The van der Waals surface area contributed by atoms with Gasteiger partial charge in [-0.05, 0) is 25.0 Å². The van der Waals surface area contributed by atoms with Crippen molar-refractivity contribution in [3.63, 3.8) is 0 Å². The lowest BCUT2D eigenvalue weighted by atomic mass is 10.2. The second kappa shape index (κ2) is 5.13. The van der Waals surface area contributed by atoms with Crippen LogP contribution in [0.2, 0.25) is 0 Å². The molecule has 0 spiro atoms. The van der Waals surface area contributed by atoms with Gasteiger partial charge in [0.1, 0.15) is 5.52 Å². The number of anilines is 1. The van der Waals surface area contributed by atoms with Crippen molar-refractivity contribution in [1.29, 1.82) is 0 Å². The molecule has 3 N–H and O–H groups in total. The van der Waals surface area contributed by atoms with E-state index in [-0.39, 0.29) is 11.2 Å². The number of nitrogens with one attached hydrogen (secondary N) is 1. The van der Waals surface area contributed by atoms with E-state index in [1.54, 1.807) is 12.1 Å². The van der Waals surface area contributed by atoms with Crippen LogP contribution in [0.3, 0.4) is 0 Å². The second-order valence-corrected chi connectivity index (χ2v) is 5.75. The number of hydrogen-bond acceptors (Lipinski definition) is 5. The number of nitrogen functional groups attached to an aromatic ring is 1. The monoisotopic (exact) mass is 277 g/mol. The van der Waals surface area contributed by atoms with Crippen LogP contribution >= 0.6 is 11.8 Å². The Morgan fingerprint density at radius 1 is 1.42 bits per heavy atom. The molecule has 0 radical (unpaired) electrons. The summed E-state index contributed by atoms with van der Waals surface area (Å²) in [5.41, 5.74) is 7.78. The van der Waals surface area contributed by atoms with Gasteiger partial charge in [-0.2, -0.15) is 0 Å². The van der Waals surface area contributed by atoms with E-state index in [9.17, 15) is 4.79 Å². The molecule has 1 aromatic carbocycles. The standard InChI is InChI=1S/C13H15N3O2S/c14-8-4-5-9-10(7-8)18-13(16-9)19-11-3-1-2-6-15-12(11)17/h4-5,7,11H,1-3,6,14H2,(H,15,17). The first kappa shape index (κ1) is 12.3. The summed E-state index contributed by atoms with van der Waals surface area (Å²) < 4.78 is 5.63. The molecule has 2 heterocycles. The van der Waals surface area contributed by atoms with Gasteiger partial charge < -0.3 is 15.5 Å². The molecule has 0 bridgehead atoms. The van der Waals surface area contributed by atoms with Crippen molar-refractivity contribution in [2.24, 2.45) is 0 Å². The number of carbonyl (C=O) groups excluding carboxylic acids is 1. The lowest BCUT2D eigenvalue weighted by Gasteiger charge is -2.09. The molecule has 19 heavy (non-hydrogen) atoms. The maximum absolute atomic E-state index is 11.9. The molecule has 1 aromatic heterocycles. The van der Waals surface area contributed by atoms with Crippen molar-refractivity contribution < 1.29 is 9.21 Å². The van der Waals surface area contributed by atoms with Crippen LogP contribution in [0.1, 0.15) is 19.3 Å². The summed E-state index contributed by atoms with van der Waals surface area (Å²) in [6, 6.07) is 5.36. The molecule has 1 amide bonds. The number of nitrogens with zero attached hydrogens (tertiary/aromatic N) is 1. The lowest BCUT2D eigenvalue weighted by molar-refractivity contribution is -0.120. The molecule has 1 fully saturated rings. The van der Waals surface area contributed by atoms with Crippen molar-refractivity contribution in [3.8, 4) is 0 Å². The fourth-order valence-corrected chi connectivity index (χ4v) is 3.12. The number of thioether (sulfide) groups is 1. The van der Waals surface area contributed by atoms with Crippen LogP contribution in [0.25, 0.3) is 11.1 Å². The van der Waals surface area contributed by atoms with Crippen LogP contribution in [-0.2, 0) is 4.79 Å². The predicted octanol–water partition coefficient (Wildman–Crippen LogP) is 2.17. The SMILES string of the molecule is Nc1ccc2nc(SC3CCCCNC3=O)oc2c1. The van der Waals surface area contributed by atoms with Crippen molar-refractivity contribution in [3.05, 3.63) is 18.2 Å². The van der Waals surface area contributed by atoms with Crippen LogP contribution in [0, 0.1) is 0 Å². The zero-order valence-corrected chi connectivity index (χ0v) is 11.2. The Labute approximate surface area is 114 Å². The Balaban J connectivity index is 1.82. The van der Waals surface area contributed by atoms with Crippen molar-refractivity contribution in [1.82, 2.24) is 10.3 Å². The van der Waals surface area contributed by atoms with Crippen LogP contribution in [-0.4, -0.2) is 22.7 Å². The number of fused-ring (bicyclic) bond motifs is 1. The number of oxazole rings is 1. The fourth-order valence-electron chi connectivity index (χ4n) is 2.12. The topological polar surface area (TPSA) is 81.1 Å². The number of nitrogens with two attached hydrogens (primary N) is 1. The van der Waals surface area contributed by atoms with E-state index in [0.29, 0.717) is 16.5 Å². The molecular weight excluding hydrogens is 262 g/mol. The minimum Gasteiger partial charge on any atom is -0.431 e. The van der Waals surface area contributed by atoms with Gasteiger partial charge in [0.2, 0.25) is 5.91 Å². The smallest absolute Gasteiger partial charge is 0.257 e. The van der Waals surface area contributed by atoms with Gasteiger partial charge in [0.05, 0.1) is 5.25 Å². The normalized spacial score (nSPS) is 20.2. The van der Waals surface area contributed by atoms with Gasteiger partial charge in [0.25, 0.3) is 5.22 Å². The Bertz CT molecular complexity index is 611. The number of benzene rings is 1. The van der Waals surface area contributed by atoms with Gasteiger partial charge in [-0.1, -0.05) is 18.2 Å². The lowest BCUT2D eigenvalue weighted by Crippen LogP contribution is -2.30. The van der Waals surface area contributed by atoms with Gasteiger partial charge >= 0.3 is 0 Å². The summed E-state index contributed by atoms with van der Waals surface area (Å²) in [6.07, 6.45) is 2.94. The van der Waals surface area contributed by atoms with Gasteiger partial charge in [0, 0.05) is 18.3 Å². The van der Waals surface area contributed by atoms with E-state index >= 15 is 0 Å². The first-order valence-corrected chi connectivity index (χ1v) is 7.21. The quantitative estimate of drug-likeness (QED) is 0.822. The third-order valence-corrected chi connectivity index (χ3v) is 4.23. The van der Waals surface area contributed by atoms with Crippen molar-refractivity contribution >= 4 is 34.5 Å². The third kappa shape index (κ3) is 2.68. The van der Waals surface area contributed by atoms with E-state index in [4.69, 9.17) is 10.2 Å². The highest BCUT2D eigenvalue weighted by molar-refractivity contribution is 8.00. The molecule has 1 aliphatic rings. The molecule has 100 valence electrons.